The maximum absolute atomic E-state index is 5.91. The Morgan fingerprint density at radius 1 is 1.43 bits per heavy atom. The van der Waals surface area contributed by atoms with Crippen molar-refractivity contribution in [2.24, 2.45) is 4.99 Å². The molecule has 5 nitrogen and oxygen atoms in total. The van der Waals surface area contributed by atoms with Crippen LogP contribution in [0.2, 0.25) is 0 Å². The molecule has 2 N–H and O–H groups in total. The number of thioether (sulfide) groups is 1. The molecule has 0 bridgehead atoms. The first kappa shape index (κ1) is 17.8. The van der Waals surface area contributed by atoms with E-state index in [0.29, 0.717) is 12.6 Å². The van der Waals surface area contributed by atoms with Crippen molar-refractivity contribution in [2.75, 3.05) is 32.2 Å². The normalized spacial score (nSPS) is 19.8. The molecule has 0 aliphatic carbocycles. The van der Waals surface area contributed by atoms with Crippen LogP contribution in [-0.4, -0.2) is 50.3 Å². The van der Waals surface area contributed by atoms with Crippen molar-refractivity contribution in [1.29, 1.82) is 0 Å². The van der Waals surface area contributed by atoms with Crippen molar-refractivity contribution >= 4 is 17.7 Å². The summed E-state index contributed by atoms with van der Waals surface area (Å²) in [6.07, 6.45) is 2.51. The molecule has 23 heavy (non-hydrogen) atoms. The Hall–Kier alpha value is -1.56. The molecule has 1 aliphatic heterocycles. The summed E-state index contributed by atoms with van der Waals surface area (Å²) in [5.74, 6) is 4.88. The average Bonchev–Trinajstić information content (AvgIpc) is 2.59. The Bertz CT molecular complexity index is 504. The van der Waals surface area contributed by atoms with E-state index in [9.17, 15) is 0 Å². The molecular formula is C17H27N3O2S. The van der Waals surface area contributed by atoms with E-state index in [2.05, 4.69) is 15.6 Å². The number of guanidine groups is 1. The van der Waals surface area contributed by atoms with Crippen LogP contribution in [-0.2, 0) is 0 Å². The van der Waals surface area contributed by atoms with Gasteiger partial charge in [0, 0.05) is 24.9 Å². The minimum absolute atomic E-state index is 0.0291. The predicted octanol–water partition coefficient (Wildman–Crippen LogP) is 2.52. The lowest BCUT2D eigenvalue weighted by molar-refractivity contribution is 0.222. The van der Waals surface area contributed by atoms with E-state index in [1.165, 1.54) is 18.6 Å². The zero-order valence-electron chi connectivity index (χ0n) is 14.2. The second-order valence-electron chi connectivity index (χ2n) is 5.62. The van der Waals surface area contributed by atoms with Crippen molar-refractivity contribution in [3.8, 4) is 11.5 Å². The van der Waals surface area contributed by atoms with Crippen LogP contribution >= 0.6 is 11.8 Å². The van der Waals surface area contributed by atoms with Crippen LogP contribution in [0.15, 0.2) is 29.3 Å². The quantitative estimate of drug-likeness (QED) is 0.617. The topological polar surface area (TPSA) is 54.9 Å². The summed E-state index contributed by atoms with van der Waals surface area (Å²) in [7, 11) is 3.46. The lowest BCUT2D eigenvalue weighted by Crippen LogP contribution is -2.47. The van der Waals surface area contributed by atoms with Crippen molar-refractivity contribution in [1.82, 2.24) is 10.6 Å². The molecule has 0 amide bonds. The van der Waals surface area contributed by atoms with Crippen LogP contribution in [0, 0.1) is 0 Å². The third kappa shape index (κ3) is 6.22. The number of nitrogens with zero attached hydrogens (tertiary/aromatic N) is 1. The SMILES string of the molecule is CN=C(NCC(C)Oc1cccc(OC)c1)NC1CCCSC1. The average molecular weight is 337 g/mol. The predicted molar refractivity (Wildman–Crippen MR) is 97.9 cm³/mol. The molecule has 1 heterocycles. The Labute approximate surface area is 143 Å². The molecule has 1 aliphatic rings. The number of rotatable bonds is 6. The minimum atomic E-state index is 0.0291. The van der Waals surface area contributed by atoms with E-state index < -0.39 is 0 Å². The number of hydrogen-bond acceptors (Lipinski definition) is 4. The molecule has 2 atom stereocenters. The molecule has 128 valence electrons. The highest BCUT2D eigenvalue weighted by atomic mass is 32.2. The minimum Gasteiger partial charge on any atom is -0.497 e. The van der Waals surface area contributed by atoms with E-state index in [-0.39, 0.29) is 6.10 Å². The lowest BCUT2D eigenvalue weighted by atomic mass is 10.2. The highest BCUT2D eigenvalue weighted by Crippen LogP contribution is 2.20. The second-order valence-corrected chi connectivity index (χ2v) is 6.77. The van der Waals surface area contributed by atoms with E-state index in [1.54, 1.807) is 14.2 Å². The number of ether oxygens (including phenoxy) is 2. The first-order chi connectivity index (χ1) is 11.2. The van der Waals surface area contributed by atoms with E-state index in [1.807, 2.05) is 43.0 Å². The second kappa shape index (κ2) is 9.55. The first-order valence-corrected chi connectivity index (χ1v) is 9.22. The summed E-state index contributed by atoms with van der Waals surface area (Å²) >= 11 is 2.00. The van der Waals surface area contributed by atoms with Gasteiger partial charge < -0.3 is 20.1 Å². The van der Waals surface area contributed by atoms with Gasteiger partial charge in [-0.05, 0) is 37.7 Å². The molecule has 2 rings (SSSR count). The molecule has 2 unspecified atom stereocenters. The zero-order chi connectivity index (χ0) is 16.5. The van der Waals surface area contributed by atoms with Crippen LogP contribution in [0.25, 0.3) is 0 Å². The maximum atomic E-state index is 5.91. The fraction of sp³-hybridized carbons (Fsp3) is 0.588. The van der Waals surface area contributed by atoms with E-state index in [0.717, 1.165) is 23.2 Å². The molecule has 1 aromatic rings. The largest absolute Gasteiger partial charge is 0.497 e. The number of nitrogens with one attached hydrogen (secondary N) is 2. The van der Waals surface area contributed by atoms with Crippen LogP contribution < -0.4 is 20.1 Å². The summed E-state index contributed by atoms with van der Waals surface area (Å²) in [5.41, 5.74) is 0. The van der Waals surface area contributed by atoms with Gasteiger partial charge in [-0.1, -0.05) is 6.07 Å². The molecule has 0 radical (unpaired) electrons. The fourth-order valence-electron chi connectivity index (χ4n) is 2.43. The molecule has 0 spiro atoms. The molecule has 1 fully saturated rings. The van der Waals surface area contributed by atoms with Crippen molar-refractivity contribution in [3.63, 3.8) is 0 Å². The summed E-state index contributed by atoms with van der Waals surface area (Å²) < 4.78 is 11.1. The van der Waals surface area contributed by atoms with Crippen molar-refractivity contribution in [2.45, 2.75) is 31.9 Å². The van der Waals surface area contributed by atoms with Gasteiger partial charge in [-0.3, -0.25) is 4.99 Å². The van der Waals surface area contributed by atoms with Crippen LogP contribution in [0.1, 0.15) is 19.8 Å². The fourth-order valence-corrected chi connectivity index (χ4v) is 3.50. The van der Waals surface area contributed by atoms with Gasteiger partial charge in [-0.2, -0.15) is 11.8 Å². The smallest absolute Gasteiger partial charge is 0.191 e. The third-order valence-electron chi connectivity index (χ3n) is 3.66. The summed E-state index contributed by atoms with van der Waals surface area (Å²) in [6.45, 7) is 2.73. The molecule has 1 aromatic carbocycles. The third-order valence-corrected chi connectivity index (χ3v) is 4.88. The van der Waals surface area contributed by atoms with Gasteiger partial charge in [0.1, 0.15) is 17.6 Å². The first-order valence-electron chi connectivity index (χ1n) is 8.07. The van der Waals surface area contributed by atoms with Crippen LogP contribution in [0.4, 0.5) is 0 Å². The van der Waals surface area contributed by atoms with Gasteiger partial charge in [0.2, 0.25) is 0 Å². The summed E-state index contributed by atoms with van der Waals surface area (Å²) in [5, 5.41) is 6.82. The van der Waals surface area contributed by atoms with Gasteiger partial charge in [0.05, 0.1) is 13.7 Å². The molecule has 0 saturated carbocycles. The Morgan fingerprint density at radius 3 is 2.96 bits per heavy atom. The van der Waals surface area contributed by atoms with E-state index >= 15 is 0 Å². The highest BCUT2D eigenvalue weighted by molar-refractivity contribution is 7.99. The Balaban J connectivity index is 1.76. The van der Waals surface area contributed by atoms with Crippen molar-refractivity contribution in [3.05, 3.63) is 24.3 Å². The number of methoxy groups -OCH3 is 1. The zero-order valence-corrected chi connectivity index (χ0v) is 15.0. The molecular weight excluding hydrogens is 310 g/mol. The van der Waals surface area contributed by atoms with Gasteiger partial charge in [0.15, 0.2) is 5.96 Å². The number of hydrogen-bond donors (Lipinski definition) is 2. The molecule has 1 saturated heterocycles. The molecule has 6 heteroatoms. The van der Waals surface area contributed by atoms with Gasteiger partial charge in [-0.15, -0.1) is 0 Å². The summed E-state index contributed by atoms with van der Waals surface area (Å²) in [6, 6.07) is 8.17. The number of benzene rings is 1. The van der Waals surface area contributed by atoms with Gasteiger partial charge in [0.25, 0.3) is 0 Å². The van der Waals surface area contributed by atoms with Crippen LogP contribution in [0.5, 0.6) is 11.5 Å². The summed E-state index contributed by atoms with van der Waals surface area (Å²) in [4.78, 5) is 4.30. The molecule has 0 aromatic heterocycles. The van der Waals surface area contributed by atoms with Gasteiger partial charge in [-0.25, -0.2) is 0 Å². The highest BCUT2D eigenvalue weighted by Gasteiger charge is 2.15. The lowest BCUT2D eigenvalue weighted by Gasteiger charge is -2.25. The monoisotopic (exact) mass is 337 g/mol. The number of aliphatic imine (C=N–C) groups is 1. The maximum Gasteiger partial charge on any atom is 0.191 e. The van der Waals surface area contributed by atoms with E-state index in [4.69, 9.17) is 9.47 Å². The van der Waals surface area contributed by atoms with Crippen molar-refractivity contribution < 1.29 is 9.47 Å². The Morgan fingerprint density at radius 2 is 2.26 bits per heavy atom. The van der Waals surface area contributed by atoms with Crippen LogP contribution in [0.3, 0.4) is 0 Å². The Kier molecular flexibility index (Phi) is 7.39. The van der Waals surface area contributed by atoms with Gasteiger partial charge >= 0.3 is 0 Å². The standard InChI is InChI=1S/C17H27N3O2S/c1-13(22-16-8-4-7-15(10-16)21-3)11-19-17(18-2)20-14-6-5-9-23-12-14/h4,7-8,10,13-14H,5-6,9,11-12H2,1-3H3,(H2,18,19,20).